The summed E-state index contributed by atoms with van der Waals surface area (Å²) in [5.41, 5.74) is 0. The predicted molar refractivity (Wildman–Crippen MR) is 141 cm³/mol. The summed E-state index contributed by atoms with van der Waals surface area (Å²) < 4.78 is 52.9. The Morgan fingerprint density at radius 2 is 1.31 bits per heavy atom. The Hall–Kier alpha value is -1.35. The van der Waals surface area contributed by atoms with Crippen molar-refractivity contribution in [2.45, 2.75) is 134 Å². The van der Waals surface area contributed by atoms with E-state index in [4.69, 9.17) is 23.5 Å². The van der Waals surface area contributed by atoms with E-state index in [0.717, 1.165) is 32.1 Å². The average molecular weight is 585 g/mol. The molecule has 1 heterocycles. The van der Waals surface area contributed by atoms with Crippen molar-refractivity contribution in [3.8, 4) is 0 Å². The second-order valence-electron chi connectivity index (χ2n) is 10.1. The van der Waals surface area contributed by atoms with Gasteiger partial charge in [-0.05, 0) is 12.8 Å². The number of carbonyl (C=O) groups excluding carboxylic acids is 2. The van der Waals surface area contributed by atoms with Crippen LogP contribution in [0, 0.1) is 0 Å². The third-order valence-electron chi connectivity index (χ3n) is 6.44. The normalized spacial score (nSPS) is 24.3. The summed E-state index contributed by atoms with van der Waals surface area (Å²) in [6.45, 7) is 3.45. The molecule has 0 aromatic rings. The van der Waals surface area contributed by atoms with E-state index in [1.165, 1.54) is 25.7 Å². The van der Waals surface area contributed by atoms with E-state index in [1.54, 1.807) is 0 Å². The molecule has 4 N–H and O–H groups in total. The fraction of sp³-hybridized carbons (Fsp3) is 0.923. The lowest BCUT2D eigenvalue weighted by Crippen LogP contribution is -2.60. The molecule has 1 saturated heterocycles. The fourth-order valence-electron chi connectivity index (χ4n) is 4.14. The lowest BCUT2D eigenvalue weighted by molar-refractivity contribution is -0.297. The molecular formula is C26H48O12S. The lowest BCUT2D eigenvalue weighted by atomic mass is 10.00. The molecule has 230 valence electrons. The smallest absolute Gasteiger partial charge is 0.306 e. The van der Waals surface area contributed by atoms with E-state index < -0.39 is 71.2 Å². The minimum atomic E-state index is -4.58. The molecule has 6 atom stereocenters. The van der Waals surface area contributed by atoms with Crippen molar-refractivity contribution in [2.75, 3.05) is 19.0 Å². The van der Waals surface area contributed by atoms with Crippen LogP contribution in [-0.2, 0) is 38.7 Å². The molecule has 0 bridgehead atoms. The first-order valence-electron chi connectivity index (χ1n) is 14.1. The summed E-state index contributed by atoms with van der Waals surface area (Å²) >= 11 is 0. The minimum absolute atomic E-state index is 0.166. The monoisotopic (exact) mass is 584 g/mol. The van der Waals surface area contributed by atoms with E-state index in [-0.39, 0.29) is 19.4 Å². The van der Waals surface area contributed by atoms with Crippen LogP contribution in [0.1, 0.15) is 97.3 Å². The highest BCUT2D eigenvalue weighted by molar-refractivity contribution is 7.85. The van der Waals surface area contributed by atoms with Gasteiger partial charge in [0.2, 0.25) is 0 Å². The van der Waals surface area contributed by atoms with Gasteiger partial charge in [-0.3, -0.25) is 14.1 Å². The maximum atomic E-state index is 12.4. The van der Waals surface area contributed by atoms with Crippen LogP contribution in [0.3, 0.4) is 0 Å². The van der Waals surface area contributed by atoms with Gasteiger partial charge in [-0.2, -0.15) is 8.42 Å². The maximum Gasteiger partial charge on any atom is 0.306 e. The predicted octanol–water partition coefficient (Wildman–Crippen LogP) is 2.26. The van der Waals surface area contributed by atoms with Gasteiger partial charge in [0.1, 0.15) is 36.8 Å². The Kier molecular flexibility index (Phi) is 18.0. The fourth-order valence-corrected chi connectivity index (χ4v) is 4.83. The van der Waals surface area contributed by atoms with Gasteiger partial charge in [-0.1, -0.05) is 71.6 Å². The highest BCUT2D eigenvalue weighted by Crippen LogP contribution is 2.23. The number of ether oxygens (including phenoxy) is 4. The van der Waals surface area contributed by atoms with E-state index in [9.17, 15) is 33.3 Å². The van der Waals surface area contributed by atoms with Gasteiger partial charge in [-0.25, -0.2) is 0 Å². The third-order valence-corrected chi connectivity index (χ3v) is 7.19. The van der Waals surface area contributed by atoms with Crippen LogP contribution in [-0.4, -0.2) is 96.0 Å². The first-order chi connectivity index (χ1) is 18.5. The van der Waals surface area contributed by atoms with Crippen molar-refractivity contribution in [1.82, 2.24) is 0 Å². The molecule has 0 amide bonds. The van der Waals surface area contributed by atoms with Gasteiger partial charge in [-0.15, -0.1) is 0 Å². The quantitative estimate of drug-likeness (QED) is 0.0877. The SMILES string of the molecule is CCCCCCCCCCC(=O)O[C@H](COC(=O)CCCCC)CO[C@@H]1O[C@H](CS(=O)(=O)O)[C@@H](O)[C@H](O)[C@H]1O. The molecule has 0 aromatic carbocycles. The summed E-state index contributed by atoms with van der Waals surface area (Å²) in [6.07, 6.45) is 1.66. The van der Waals surface area contributed by atoms with Crippen LogP contribution in [0.15, 0.2) is 0 Å². The second-order valence-corrected chi connectivity index (χ2v) is 11.6. The van der Waals surface area contributed by atoms with Crippen molar-refractivity contribution in [2.24, 2.45) is 0 Å². The molecule has 1 rings (SSSR count). The molecule has 0 radical (unpaired) electrons. The first kappa shape index (κ1) is 35.7. The number of unbranched alkanes of at least 4 members (excludes halogenated alkanes) is 9. The highest BCUT2D eigenvalue weighted by atomic mass is 32.2. The molecule has 12 nitrogen and oxygen atoms in total. The topological polar surface area (TPSA) is 186 Å². The Morgan fingerprint density at radius 3 is 1.92 bits per heavy atom. The standard InChI is InChI=1S/C26H48O12S/c1-3-5-7-8-9-10-11-13-15-22(28)37-19(16-35-21(27)14-12-6-4-2)17-36-26-25(31)24(30)23(29)20(38-26)18-39(32,33)34/h19-20,23-26,29-31H,3-18H2,1-2H3,(H,32,33,34)/t19-,20-,23-,24+,25-,26-/m1/s1. The van der Waals surface area contributed by atoms with Crippen LogP contribution < -0.4 is 0 Å². The van der Waals surface area contributed by atoms with Crippen molar-refractivity contribution < 1.29 is 56.8 Å². The average Bonchev–Trinajstić information content (AvgIpc) is 2.87. The number of esters is 2. The minimum Gasteiger partial charge on any atom is -0.462 e. The van der Waals surface area contributed by atoms with Gasteiger partial charge < -0.3 is 34.3 Å². The Bertz CT molecular complexity index is 790. The summed E-state index contributed by atoms with van der Waals surface area (Å²) in [6, 6.07) is 0. The van der Waals surface area contributed by atoms with Gasteiger partial charge >= 0.3 is 11.9 Å². The lowest BCUT2D eigenvalue weighted by Gasteiger charge is -2.40. The number of aliphatic hydroxyl groups excluding tert-OH is 3. The number of hydrogen-bond donors (Lipinski definition) is 4. The molecule has 1 aliphatic rings. The molecular weight excluding hydrogens is 536 g/mol. The van der Waals surface area contributed by atoms with E-state index in [0.29, 0.717) is 12.8 Å². The highest BCUT2D eigenvalue weighted by Gasteiger charge is 2.46. The summed E-state index contributed by atoms with van der Waals surface area (Å²) in [5.74, 6) is -2.01. The Balaban J connectivity index is 2.65. The third kappa shape index (κ3) is 15.9. The van der Waals surface area contributed by atoms with Crippen LogP contribution in [0.2, 0.25) is 0 Å². The molecule has 0 aromatic heterocycles. The number of rotatable bonds is 21. The molecule has 0 unspecified atom stereocenters. The van der Waals surface area contributed by atoms with Crippen LogP contribution >= 0.6 is 0 Å². The van der Waals surface area contributed by atoms with E-state index >= 15 is 0 Å². The largest absolute Gasteiger partial charge is 0.462 e. The van der Waals surface area contributed by atoms with Crippen molar-refractivity contribution in [3.05, 3.63) is 0 Å². The van der Waals surface area contributed by atoms with Gasteiger partial charge in [0, 0.05) is 12.8 Å². The van der Waals surface area contributed by atoms with Crippen molar-refractivity contribution >= 4 is 22.1 Å². The summed E-state index contributed by atoms with van der Waals surface area (Å²) in [5, 5.41) is 30.3. The van der Waals surface area contributed by atoms with Gasteiger partial charge in [0.05, 0.1) is 6.61 Å². The van der Waals surface area contributed by atoms with Gasteiger partial charge in [0.25, 0.3) is 10.1 Å². The number of aliphatic hydroxyl groups is 3. The van der Waals surface area contributed by atoms with Crippen LogP contribution in [0.5, 0.6) is 0 Å². The molecule has 0 aliphatic carbocycles. The Labute approximate surface area is 232 Å². The van der Waals surface area contributed by atoms with Crippen LogP contribution in [0.4, 0.5) is 0 Å². The van der Waals surface area contributed by atoms with E-state index in [1.807, 2.05) is 6.92 Å². The Morgan fingerprint density at radius 1 is 0.769 bits per heavy atom. The van der Waals surface area contributed by atoms with Crippen molar-refractivity contribution in [1.29, 1.82) is 0 Å². The molecule has 13 heteroatoms. The van der Waals surface area contributed by atoms with Crippen LogP contribution in [0.25, 0.3) is 0 Å². The zero-order valence-electron chi connectivity index (χ0n) is 23.2. The number of carbonyl (C=O) groups is 2. The molecule has 1 aliphatic heterocycles. The van der Waals surface area contributed by atoms with Gasteiger partial charge in [0.15, 0.2) is 12.4 Å². The second kappa shape index (κ2) is 19.7. The van der Waals surface area contributed by atoms with Crippen molar-refractivity contribution in [3.63, 3.8) is 0 Å². The number of hydrogen-bond acceptors (Lipinski definition) is 11. The zero-order chi connectivity index (χ0) is 29.3. The zero-order valence-corrected chi connectivity index (χ0v) is 24.1. The van der Waals surface area contributed by atoms with E-state index in [2.05, 4.69) is 6.92 Å². The first-order valence-corrected chi connectivity index (χ1v) is 15.7. The summed E-state index contributed by atoms with van der Waals surface area (Å²) in [4.78, 5) is 24.5. The maximum absolute atomic E-state index is 12.4. The molecule has 39 heavy (non-hydrogen) atoms. The molecule has 0 saturated carbocycles. The summed E-state index contributed by atoms with van der Waals surface area (Å²) in [7, 11) is -4.58. The molecule has 0 spiro atoms. The molecule has 1 fully saturated rings.